The summed E-state index contributed by atoms with van der Waals surface area (Å²) in [6.45, 7) is 1.13. The minimum atomic E-state index is -4.57. The molecular weight excluding hydrogens is 397 g/mol. The van der Waals surface area contributed by atoms with Crippen molar-refractivity contribution in [3.05, 3.63) is 29.3 Å². The van der Waals surface area contributed by atoms with Gasteiger partial charge in [-0.1, -0.05) is 25.0 Å². The Balaban J connectivity index is 2.22. The van der Waals surface area contributed by atoms with Crippen molar-refractivity contribution in [3.8, 4) is 0 Å². The fraction of sp³-hybridized carbons (Fsp3) is 0.556. The van der Waals surface area contributed by atoms with Crippen LogP contribution in [0, 0.1) is 13.8 Å². The van der Waals surface area contributed by atoms with Crippen LogP contribution in [0.4, 0.5) is 13.2 Å². The summed E-state index contributed by atoms with van der Waals surface area (Å²) < 4.78 is 61.5. The Morgan fingerprint density at radius 2 is 1.71 bits per heavy atom. The van der Waals surface area contributed by atoms with Crippen molar-refractivity contribution in [2.45, 2.75) is 55.3 Å². The fourth-order valence-corrected chi connectivity index (χ4v) is 5.75. The smallest absolute Gasteiger partial charge is 0.346 e. The maximum atomic E-state index is 13.4. The predicted molar refractivity (Wildman–Crippen MR) is 96.4 cm³/mol. The average Bonchev–Trinajstić information content (AvgIpc) is 3.11. The van der Waals surface area contributed by atoms with Gasteiger partial charge in [0.05, 0.1) is 11.4 Å². The maximum absolute atomic E-state index is 13.4. The molecule has 2 amide bonds. The number of carbonyl (C=O) groups excluding carboxylic acids is 2. The quantitative estimate of drug-likeness (QED) is 0.738. The molecule has 1 aromatic rings. The zero-order valence-electron chi connectivity index (χ0n) is 15.6. The Morgan fingerprint density at radius 1 is 1.11 bits per heavy atom. The highest BCUT2D eigenvalue weighted by Crippen LogP contribution is 2.41. The van der Waals surface area contributed by atoms with Gasteiger partial charge in [0.25, 0.3) is 0 Å². The molecule has 1 fully saturated rings. The Bertz CT molecular complexity index is 860. The summed E-state index contributed by atoms with van der Waals surface area (Å²) in [6, 6.07) is 4.93. The van der Waals surface area contributed by atoms with Gasteiger partial charge in [0.1, 0.15) is 6.54 Å². The van der Waals surface area contributed by atoms with E-state index in [1.165, 1.54) is 6.07 Å². The minimum absolute atomic E-state index is 0.0612. The summed E-state index contributed by atoms with van der Waals surface area (Å²) in [4.78, 5) is 24.4. The Labute approximate surface area is 161 Å². The van der Waals surface area contributed by atoms with E-state index >= 15 is 0 Å². The number of halogens is 3. The van der Waals surface area contributed by atoms with Gasteiger partial charge in [0.15, 0.2) is 14.6 Å². The number of benzene rings is 1. The maximum Gasteiger partial charge on any atom is 0.405 e. The van der Waals surface area contributed by atoms with E-state index in [2.05, 4.69) is 5.32 Å². The number of carbonyl (C=O) groups is 2. The van der Waals surface area contributed by atoms with Gasteiger partial charge >= 0.3 is 6.18 Å². The number of hydrogen-bond donors (Lipinski definition) is 2. The average molecular weight is 420 g/mol. The van der Waals surface area contributed by atoms with Crippen LogP contribution in [0.25, 0.3) is 0 Å². The standard InChI is InChI=1S/C18H23F3N2O4S/c1-12-5-6-13(2)14(9-12)28(26,27)17(7-3-4-8-17)16(25)22-10-15(24)23-11-18(19,20)21/h5-6,9H,3-4,7-8,10-11H2,1-2H3,(H,22,25)(H,23,24). The molecule has 6 nitrogen and oxygen atoms in total. The summed E-state index contributed by atoms with van der Waals surface area (Å²) in [7, 11) is -4.06. The molecule has 1 aliphatic rings. The first-order chi connectivity index (χ1) is 12.9. The third-order valence-corrected chi connectivity index (χ3v) is 7.51. The number of sulfone groups is 1. The van der Waals surface area contributed by atoms with Crippen molar-refractivity contribution in [1.29, 1.82) is 0 Å². The molecule has 2 N–H and O–H groups in total. The summed E-state index contributed by atoms with van der Waals surface area (Å²) in [5.74, 6) is -1.89. The minimum Gasteiger partial charge on any atom is -0.346 e. The van der Waals surface area contributed by atoms with Crippen LogP contribution >= 0.6 is 0 Å². The van der Waals surface area contributed by atoms with Crippen molar-refractivity contribution in [2.75, 3.05) is 13.1 Å². The number of aryl methyl sites for hydroxylation is 2. The fourth-order valence-electron chi connectivity index (χ4n) is 3.35. The van der Waals surface area contributed by atoms with Gasteiger partial charge in [-0.05, 0) is 43.9 Å². The van der Waals surface area contributed by atoms with Crippen molar-refractivity contribution < 1.29 is 31.2 Å². The summed E-state index contributed by atoms with van der Waals surface area (Å²) >= 11 is 0. The zero-order valence-corrected chi connectivity index (χ0v) is 16.5. The molecule has 1 saturated carbocycles. The second-order valence-electron chi connectivity index (χ2n) is 7.05. The van der Waals surface area contributed by atoms with Crippen LogP contribution in [0.5, 0.6) is 0 Å². The molecule has 156 valence electrons. The lowest BCUT2D eigenvalue weighted by Gasteiger charge is -2.28. The molecule has 0 saturated heterocycles. The lowest BCUT2D eigenvalue weighted by atomic mass is 10.1. The van der Waals surface area contributed by atoms with Crippen LogP contribution < -0.4 is 10.6 Å². The number of hydrogen-bond acceptors (Lipinski definition) is 4. The van der Waals surface area contributed by atoms with Crippen LogP contribution in [0.3, 0.4) is 0 Å². The molecular formula is C18H23F3N2O4S. The highest BCUT2D eigenvalue weighted by molar-refractivity contribution is 7.93. The first-order valence-electron chi connectivity index (χ1n) is 8.83. The second-order valence-corrected chi connectivity index (χ2v) is 9.28. The topological polar surface area (TPSA) is 92.3 Å². The second kappa shape index (κ2) is 8.10. The monoisotopic (exact) mass is 420 g/mol. The Morgan fingerprint density at radius 3 is 2.29 bits per heavy atom. The van der Waals surface area contributed by atoms with E-state index in [0.717, 1.165) is 5.56 Å². The highest BCUT2D eigenvalue weighted by Gasteiger charge is 2.53. The van der Waals surface area contributed by atoms with E-state index in [1.807, 2.05) is 0 Å². The van der Waals surface area contributed by atoms with E-state index < -0.39 is 45.7 Å². The molecule has 0 aromatic heterocycles. The summed E-state index contributed by atoms with van der Waals surface area (Å²) in [5, 5.41) is 3.85. The molecule has 0 aliphatic heterocycles. The SMILES string of the molecule is Cc1ccc(C)c(S(=O)(=O)C2(C(=O)NCC(=O)NCC(F)(F)F)CCCC2)c1. The van der Waals surface area contributed by atoms with Crippen LogP contribution in [-0.2, 0) is 19.4 Å². The van der Waals surface area contributed by atoms with Gasteiger partial charge in [0, 0.05) is 0 Å². The summed E-state index contributed by atoms with van der Waals surface area (Å²) in [6.07, 6.45) is -3.33. The van der Waals surface area contributed by atoms with Gasteiger partial charge in [-0.15, -0.1) is 0 Å². The molecule has 10 heteroatoms. The molecule has 2 rings (SSSR count). The largest absolute Gasteiger partial charge is 0.405 e. The molecule has 0 heterocycles. The molecule has 0 radical (unpaired) electrons. The Kier molecular flexibility index (Phi) is 6.42. The number of nitrogens with one attached hydrogen (secondary N) is 2. The Hall–Kier alpha value is -2.10. The first kappa shape index (κ1) is 22.2. The van der Waals surface area contributed by atoms with Crippen molar-refractivity contribution in [3.63, 3.8) is 0 Å². The van der Waals surface area contributed by atoms with E-state index in [9.17, 15) is 31.2 Å². The number of alkyl halides is 3. The van der Waals surface area contributed by atoms with Crippen molar-refractivity contribution >= 4 is 21.7 Å². The van der Waals surface area contributed by atoms with Crippen LogP contribution in [0.1, 0.15) is 36.8 Å². The summed E-state index contributed by atoms with van der Waals surface area (Å²) in [5.41, 5.74) is 1.23. The lowest BCUT2D eigenvalue weighted by molar-refractivity contribution is -0.138. The van der Waals surface area contributed by atoms with Crippen molar-refractivity contribution in [2.24, 2.45) is 0 Å². The molecule has 0 spiro atoms. The zero-order chi connectivity index (χ0) is 21.2. The molecule has 1 aromatic carbocycles. The van der Waals surface area contributed by atoms with Gasteiger partial charge in [-0.2, -0.15) is 13.2 Å². The molecule has 28 heavy (non-hydrogen) atoms. The lowest BCUT2D eigenvalue weighted by Crippen LogP contribution is -2.53. The van der Waals surface area contributed by atoms with E-state index in [4.69, 9.17) is 0 Å². The molecule has 0 atom stereocenters. The number of amides is 2. The van der Waals surface area contributed by atoms with E-state index in [1.54, 1.807) is 31.3 Å². The molecule has 0 bridgehead atoms. The van der Waals surface area contributed by atoms with Crippen LogP contribution in [0.2, 0.25) is 0 Å². The van der Waals surface area contributed by atoms with Gasteiger partial charge in [-0.25, -0.2) is 8.42 Å². The predicted octanol–water partition coefficient (Wildman–Crippen LogP) is 2.18. The van der Waals surface area contributed by atoms with E-state index in [0.29, 0.717) is 18.4 Å². The molecule has 1 aliphatic carbocycles. The first-order valence-corrected chi connectivity index (χ1v) is 10.3. The van der Waals surface area contributed by atoms with E-state index in [-0.39, 0.29) is 17.7 Å². The normalized spacial score (nSPS) is 16.6. The molecule has 0 unspecified atom stereocenters. The third kappa shape index (κ3) is 4.65. The highest BCUT2D eigenvalue weighted by atomic mass is 32.2. The van der Waals surface area contributed by atoms with Crippen molar-refractivity contribution in [1.82, 2.24) is 10.6 Å². The van der Waals surface area contributed by atoms with Gasteiger partial charge in [0.2, 0.25) is 11.8 Å². The van der Waals surface area contributed by atoms with Crippen LogP contribution in [0.15, 0.2) is 23.1 Å². The number of rotatable bonds is 6. The van der Waals surface area contributed by atoms with Gasteiger partial charge in [-0.3, -0.25) is 9.59 Å². The third-order valence-electron chi connectivity index (χ3n) is 4.87. The van der Waals surface area contributed by atoms with Gasteiger partial charge < -0.3 is 10.6 Å². The van der Waals surface area contributed by atoms with Crippen LogP contribution in [-0.4, -0.2) is 44.2 Å².